The van der Waals surface area contributed by atoms with Gasteiger partial charge in [-0.25, -0.2) is 9.78 Å². The van der Waals surface area contributed by atoms with E-state index in [4.69, 9.17) is 4.74 Å². The number of carbonyl (C=O) groups is 1. The molecule has 0 amide bonds. The average Bonchev–Trinajstić information content (AvgIpc) is 2.88. The standard InChI is InChI=1S/C11H7F3N2O2S/c12-11(13,14)8-2-1-3-16-9(8)10(17)18-5-7-4-15-6-19-7/h1-4,6H,5H2. The summed E-state index contributed by atoms with van der Waals surface area (Å²) in [5.41, 5.74) is -0.311. The zero-order chi connectivity index (χ0) is 13.9. The summed E-state index contributed by atoms with van der Waals surface area (Å²) in [5, 5.41) is 0. The van der Waals surface area contributed by atoms with Crippen LogP contribution in [0.2, 0.25) is 0 Å². The van der Waals surface area contributed by atoms with Gasteiger partial charge < -0.3 is 4.74 Å². The van der Waals surface area contributed by atoms with E-state index < -0.39 is 23.4 Å². The molecule has 0 unspecified atom stereocenters. The lowest BCUT2D eigenvalue weighted by molar-refractivity contribution is -0.138. The molecule has 0 bridgehead atoms. The number of esters is 1. The number of ether oxygens (including phenoxy) is 1. The summed E-state index contributed by atoms with van der Waals surface area (Å²) in [4.78, 5) is 19.4. The maximum Gasteiger partial charge on any atom is 0.418 e. The van der Waals surface area contributed by atoms with Crippen LogP contribution in [0.5, 0.6) is 0 Å². The highest BCUT2D eigenvalue weighted by molar-refractivity contribution is 7.09. The van der Waals surface area contributed by atoms with Crippen molar-refractivity contribution in [3.05, 3.63) is 46.2 Å². The number of hydrogen-bond acceptors (Lipinski definition) is 5. The maximum absolute atomic E-state index is 12.7. The molecule has 0 saturated carbocycles. The SMILES string of the molecule is O=C(OCc1cncs1)c1ncccc1C(F)(F)F. The van der Waals surface area contributed by atoms with Crippen LogP contribution < -0.4 is 0 Å². The molecule has 0 fully saturated rings. The second kappa shape index (κ2) is 5.35. The molecule has 4 nitrogen and oxygen atoms in total. The third-order valence-corrected chi connectivity index (χ3v) is 2.89. The Hall–Kier alpha value is -1.96. The minimum Gasteiger partial charge on any atom is -0.455 e. The quantitative estimate of drug-likeness (QED) is 0.815. The lowest BCUT2D eigenvalue weighted by Crippen LogP contribution is -2.16. The van der Waals surface area contributed by atoms with Crippen LogP contribution in [0.1, 0.15) is 20.9 Å². The Morgan fingerprint density at radius 3 is 2.84 bits per heavy atom. The largest absolute Gasteiger partial charge is 0.455 e. The van der Waals surface area contributed by atoms with Crippen molar-refractivity contribution in [2.45, 2.75) is 12.8 Å². The van der Waals surface area contributed by atoms with Crippen molar-refractivity contribution in [2.24, 2.45) is 0 Å². The second-order valence-corrected chi connectivity index (χ2v) is 4.41. The number of halogens is 3. The summed E-state index contributed by atoms with van der Waals surface area (Å²) in [6.45, 7) is -0.128. The van der Waals surface area contributed by atoms with E-state index in [1.807, 2.05) is 0 Å². The van der Waals surface area contributed by atoms with Gasteiger partial charge in [0.05, 0.1) is 16.0 Å². The van der Waals surface area contributed by atoms with E-state index in [1.165, 1.54) is 23.0 Å². The summed E-state index contributed by atoms with van der Waals surface area (Å²) < 4.78 is 42.8. The number of thiazole rings is 1. The highest BCUT2D eigenvalue weighted by atomic mass is 32.1. The molecule has 0 atom stereocenters. The van der Waals surface area contributed by atoms with E-state index in [-0.39, 0.29) is 6.61 Å². The third-order valence-electron chi connectivity index (χ3n) is 2.14. The van der Waals surface area contributed by atoms with E-state index in [0.29, 0.717) is 4.88 Å². The van der Waals surface area contributed by atoms with Gasteiger partial charge in [-0.1, -0.05) is 0 Å². The maximum atomic E-state index is 12.7. The van der Waals surface area contributed by atoms with Gasteiger partial charge in [0.15, 0.2) is 5.69 Å². The number of rotatable bonds is 3. The van der Waals surface area contributed by atoms with E-state index in [2.05, 4.69) is 9.97 Å². The molecule has 19 heavy (non-hydrogen) atoms. The van der Waals surface area contributed by atoms with Crippen LogP contribution in [0.4, 0.5) is 13.2 Å². The second-order valence-electron chi connectivity index (χ2n) is 3.44. The average molecular weight is 288 g/mol. The summed E-state index contributed by atoms with van der Waals surface area (Å²) in [6.07, 6.45) is -2.06. The monoisotopic (exact) mass is 288 g/mol. The fourth-order valence-electron chi connectivity index (χ4n) is 1.32. The number of carbonyl (C=O) groups excluding carboxylic acids is 1. The van der Waals surface area contributed by atoms with Crippen molar-refractivity contribution >= 4 is 17.3 Å². The molecule has 2 aromatic heterocycles. The van der Waals surface area contributed by atoms with Gasteiger partial charge in [-0.15, -0.1) is 11.3 Å². The molecule has 0 aliphatic heterocycles. The molecule has 0 N–H and O–H groups in total. The Kier molecular flexibility index (Phi) is 3.79. The van der Waals surface area contributed by atoms with Gasteiger partial charge >= 0.3 is 12.1 Å². The van der Waals surface area contributed by atoms with E-state index in [9.17, 15) is 18.0 Å². The van der Waals surface area contributed by atoms with Crippen molar-refractivity contribution in [1.82, 2.24) is 9.97 Å². The Balaban J connectivity index is 2.15. The highest BCUT2D eigenvalue weighted by Gasteiger charge is 2.36. The number of aromatic nitrogens is 2. The Morgan fingerprint density at radius 2 is 2.21 bits per heavy atom. The minimum atomic E-state index is -4.65. The summed E-state index contributed by atoms with van der Waals surface area (Å²) in [6, 6.07) is 1.90. The first-order valence-corrected chi connectivity index (χ1v) is 5.93. The van der Waals surface area contributed by atoms with E-state index >= 15 is 0 Å². The minimum absolute atomic E-state index is 0.128. The van der Waals surface area contributed by atoms with Crippen molar-refractivity contribution in [3.8, 4) is 0 Å². The normalized spacial score (nSPS) is 11.3. The molecule has 2 heterocycles. The zero-order valence-electron chi connectivity index (χ0n) is 9.35. The van der Waals surface area contributed by atoms with E-state index in [0.717, 1.165) is 18.3 Å². The smallest absolute Gasteiger partial charge is 0.418 e. The van der Waals surface area contributed by atoms with Gasteiger partial charge in [0.2, 0.25) is 0 Å². The molecule has 0 saturated heterocycles. The molecule has 2 aromatic rings. The lowest BCUT2D eigenvalue weighted by atomic mass is 10.2. The Morgan fingerprint density at radius 1 is 1.42 bits per heavy atom. The Bertz CT molecular complexity index is 570. The Labute approximate surface area is 109 Å². The van der Waals surface area contributed by atoms with Crippen molar-refractivity contribution in [2.75, 3.05) is 0 Å². The zero-order valence-corrected chi connectivity index (χ0v) is 10.2. The van der Waals surface area contributed by atoms with Crippen molar-refractivity contribution in [1.29, 1.82) is 0 Å². The first-order valence-electron chi connectivity index (χ1n) is 5.05. The lowest BCUT2D eigenvalue weighted by Gasteiger charge is -2.10. The predicted octanol–water partition coefficient (Wildman–Crippen LogP) is 2.91. The molecule has 0 aromatic carbocycles. The number of nitrogens with zero attached hydrogens (tertiary/aromatic N) is 2. The molecule has 2 rings (SSSR count). The van der Waals surface area contributed by atoms with Gasteiger partial charge in [0.1, 0.15) is 6.61 Å². The van der Waals surface area contributed by atoms with Crippen molar-refractivity contribution < 1.29 is 22.7 Å². The highest BCUT2D eigenvalue weighted by Crippen LogP contribution is 2.31. The van der Waals surface area contributed by atoms with Crippen LogP contribution in [0.3, 0.4) is 0 Å². The first kappa shape index (κ1) is 13.5. The molecular formula is C11H7F3N2O2S. The fourth-order valence-corrected chi connectivity index (χ4v) is 1.82. The van der Waals surface area contributed by atoms with Gasteiger partial charge in [-0.3, -0.25) is 4.98 Å². The van der Waals surface area contributed by atoms with Crippen LogP contribution >= 0.6 is 11.3 Å². The van der Waals surface area contributed by atoms with Gasteiger partial charge in [0.25, 0.3) is 0 Å². The summed E-state index contributed by atoms with van der Waals surface area (Å²) in [5.74, 6) is -1.11. The molecule has 8 heteroatoms. The van der Waals surface area contributed by atoms with E-state index in [1.54, 1.807) is 0 Å². The number of alkyl halides is 3. The molecule has 0 spiro atoms. The predicted molar refractivity (Wildman–Crippen MR) is 60.5 cm³/mol. The van der Waals surface area contributed by atoms with Crippen LogP contribution in [-0.4, -0.2) is 15.9 Å². The van der Waals surface area contributed by atoms with Crippen LogP contribution in [0.25, 0.3) is 0 Å². The van der Waals surface area contributed by atoms with Crippen LogP contribution in [-0.2, 0) is 17.5 Å². The topological polar surface area (TPSA) is 52.1 Å². The molecule has 100 valence electrons. The van der Waals surface area contributed by atoms with Gasteiger partial charge in [-0.2, -0.15) is 13.2 Å². The molecule has 0 radical (unpaired) electrons. The molecular weight excluding hydrogens is 281 g/mol. The summed E-state index contributed by atoms with van der Waals surface area (Å²) in [7, 11) is 0. The van der Waals surface area contributed by atoms with Crippen LogP contribution in [0.15, 0.2) is 30.0 Å². The van der Waals surface area contributed by atoms with Gasteiger partial charge in [-0.05, 0) is 12.1 Å². The van der Waals surface area contributed by atoms with Gasteiger partial charge in [0, 0.05) is 12.4 Å². The molecule has 0 aliphatic carbocycles. The number of pyridine rings is 1. The number of hydrogen-bond donors (Lipinski definition) is 0. The van der Waals surface area contributed by atoms with Crippen molar-refractivity contribution in [3.63, 3.8) is 0 Å². The first-order chi connectivity index (χ1) is 8.98. The van der Waals surface area contributed by atoms with Crippen LogP contribution in [0, 0.1) is 0 Å². The summed E-state index contributed by atoms with van der Waals surface area (Å²) >= 11 is 1.24. The third kappa shape index (κ3) is 3.28. The molecule has 0 aliphatic rings. The fraction of sp³-hybridized carbons (Fsp3) is 0.182.